The summed E-state index contributed by atoms with van der Waals surface area (Å²) in [6.07, 6.45) is 6.60. The van der Waals surface area contributed by atoms with Crippen molar-refractivity contribution in [2.24, 2.45) is 17.6 Å². The van der Waals surface area contributed by atoms with Crippen LogP contribution < -0.4 is 5.73 Å². The summed E-state index contributed by atoms with van der Waals surface area (Å²) in [4.78, 5) is 2.63. The molecule has 0 aromatic rings. The molecule has 1 rings (SSSR count). The van der Waals surface area contributed by atoms with Crippen LogP contribution in [-0.4, -0.2) is 30.6 Å². The van der Waals surface area contributed by atoms with E-state index in [0.29, 0.717) is 0 Å². The average molecular weight is 258 g/mol. The van der Waals surface area contributed by atoms with Gasteiger partial charge in [-0.1, -0.05) is 27.7 Å². The van der Waals surface area contributed by atoms with Crippen molar-refractivity contribution >= 4 is 0 Å². The molecular weight excluding hydrogens is 220 g/mol. The Hall–Kier alpha value is -0.0800. The van der Waals surface area contributed by atoms with E-state index in [-0.39, 0.29) is 1.43 Å². The third-order valence-corrected chi connectivity index (χ3v) is 3.89. The molecule has 18 heavy (non-hydrogen) atoms. The molecule has 0 aliphatic carbocycles. The molecule has 112 valence electrons. The summed E-state index contributed by atoms with van der Waals surface area (Å²) in [5.41, 5.74) is 5.28. The standard InChI is InChI=1S/C10H21N.C6H15N.H2/c1-4-10(3)11-7-5-6-9(2)8-11;1-6(2)4-3-5-7;/h9-10H,4-8H2,1-3H3;6H,3-5,7H2,1-2H3;1H/t9-,10?;;/m0../s1. The SMILES string of the molecule is CC(C)CCCN.CCC(C)N1CCC[C@H](C)C1.[HH]. The average Bonchev–Trinajstić information content (AvgIpc) is 2.36. The van der Waals surface area contributed by atoms with Crippen molar-refractivity contribution < 1.29 is 1.43 Å². The first-order valence-electron chi connectivity index (χ1n) is 7.95. The number of nitrogens with two attached hydrogens (primary N) is 1. The van der Waals surface area contributed by atoms with Crippen molar-refractivity contribution in [3.8, 4) is 0 Å². The first-order valence-corrected chi connectivity index (χ1v) is 7.95. The molecule has 2 atom stereocenters. The van der Waals surface area contributed by atoms with Crippen molar-refractivity contribution in [2.75, 3.05) is 19.6 Å². The molecule has 2 nitrogen and oxygen atoms in total. The molecule has 0 saturated carbocycles. The van der Waals surface area contributed by atoms with Gasteiger partial charge in [-0.3, -0.25) is 0 Å². The predicted octanol–water partition coefficient (Wildman–Crippen LogP) is 4.14. The zero-order valence-corrected chi connectivity index (χ0v) is 13.4. The molecule has 0 amide bonds. The molecule has 0 bridgehead atoms. The fourth-order valence-electron chi connectivity index (χ4n) is 2.41. The fourth-order valence-corrected chi connectivity index (χ4v) is 2.41. The van der Waals surface area contributed by atoms with Crippen LogP contribution in [0, 0.1) is 11.8 Å². The van der Waals surface area contributed by atoms with E-state index in [4.69, 9.17) is 5.73 Å². The monoisotopic (exact) mass is 258 g/mol. The summed E-state index contributed by atoms with van der Waals surface area (Å²) < 4.78 is 0. The maximum atomic E-state index is 5.28. The van der Waals surface area contributed by atoms with E-state index in [1.165, 1.54) is 45.2 Å². The van der Waals surface area contributed by atoms with Crippen molar-refractivity contribution in [2.45, 2.75) is 72.8 Å². The topological polar surface area (TPSA) is 29.3 Å². The number of hydrogen-bond donors (Lipinski definition) is 1. The van der Waals surface area contributed by atoms with Crippen LogP contribution in [0.25, 0.3) is 0 Å². The second-order valence-electron chi connectivity index (χ2n) is 6.32. The molecule has 0 radical (unpaired) electrons. The maximum absolute atomic E-state index is 5.28. The van der Waals surface area contributed by atoms with Gasteiger partial charge >= 0.3 is 0 Å². The van der Waals surface area contributed by atoms with E-state index in [1.54, 1.807) is 0 Å². The molecule has 1 saturated heterocycles. The van der Waals surface area contributed by atoms with E-state index < -0.39 is 0 Å². The molecule has 1 aliphatic rings. The third kappa shape index (κ3) is 8.93. The zero-order valence-electron chi connectivity index (χ0n) is 13.4. The van der Waals surface area contributed by atoms with E-state index in [0.717, 1.165) is 24.4 Å². The Morgan fingerprint density at radius 3 is 2.39 bits per heavy atom. The summed E-state index contributed by atoms with van der Waals surface area (Å²) in [5.74, 6) is 1.75. The van der Waals surface area contributed by atoms with Gasteiger partial charge in [-0.05, 0) is 64.0 Å². The highest BCUT2D eigenvalue weighted by molar-refractivity contribution is 4.73. The Morgan fingerprint density at radius 2 is 2.00 bits per heavy atom. The molecule has 0 aromatic heterocycles. The van der Waals surface area contributed by atoms with Crippen LogP contribution in [0.3, 0.4) is 0 Å². The minimum atomic E-state index is 0. The first-order chi connectivity index (χ1) is 8.51. The first kappa shape index (κ1) is 17.9. The van der Waals surface area contributed by atoms with Gasteiger partial charge in [-0.25, -0.2) is 0 Å². The minimum absolute atomic E-state index is 0. The predicted molar refractivity (Wildman–Crippen MR) is 85.0 cm³/mol. The smallest absolute Gasteiger partial charge is 0.00644 e. The lowest BCUT2D eigenvalue weighted by Gasteiger charge is -2.35. The Bertz CT molecular complexity index is 186. The second-order valence-corrected chi connectivity index (χ2v) is 6.32. The molecule has 1 heterocycles. The normalized spacial score (nSPS) is 22.5. The van der Waals surface area contributed by atoms with E-state index >= 15 is 0 Å². The van der Waals surface area contributed by atoms with Gasteiger partial charge in [-0.15, -0.1) is 0 Å². The molecule has 0 aromatic carbocycles. The Labute approximate surface area is 117 Å². The molecule has 1 aliphatic heterocycles. The van der Waals surface area contributed by atoms with E-state index in [2.05, 4.69) is 39.5 Å². The lowest BCUT2D eigenvalue weighted by molar-refractivity contribution is 0.136. The number of hydrogen-bond acceptors (Lipinski definition) is 2. The van der Waals surface area contributed by atoms with Gasteiger partial charge in [0.25, 0.3) is 0 Å². The largest absolute Gasteiger partial charge is 0.330 e. The highest BCUT2D eigenvalue weighted by Crippen LogP contribution is 2.18. The van der Waals surface area contributed by atoms with Crippen LogP contribution in [0.5, 0.6) is 0 Å². The molecule has 1 fully saturated rings. The minimum Gasteiger partial charge on any atom is -0.330 e. The summed E-state index contributed by atoms with van der Waals surface area (Å²) in [6.45, 7) is 14.9. The Balaban J connectivity index is 0. The lowest BCUT2D eigenvalue weighted by Crippen LogP contribution is -2.40. The second kappa shape index (κ2) is 10.8. The number of rotatable bonds is 5. The van der Waals surface area contributed by atoms with Crippen LogP contribution >= 0.6 is 0 Å². The zero-order chi connectivity index (χ0) is 14.0. The number of nitrogens with zero attached hydrogens (tertiary/aromatic N) is 1. The molecule has 2 heteroatoms. The van der Waals surface area contributed by atoms with Crippen molar-refractivity contribution in [1.29, 1.82) is 0 Å². The van der Waals surface area contributed by atoms with Gasteiger partial charge in [0.2, 0.25) is 0 Å². The third-order valence-electron chi connectivity index (χ3n) is 3.89. The van der Waals surface area contributed by atoms with E-state index in [9.17, 15) is 0 Å². The van der Waals surface area contributed by atoms with Gasteiger partial charge < -0.3 is 10.6 Å². The molecule has 1 unspecified atom stereocenters. The van der Waals surface area contributed by atoms with Crippen molar-refractivity contribution in [3.05, 3.63) is 0 Å². The molecule has 2 N–H and O–H groups in total. The van der Waals surface area contributed by atoms with Crippen LogP contribution in [-0.2, 0) is 0 Å². The maximum Gasteiger partial charge on any atom is 0.00644 e. The highest BCUT2D eigenvalue weighted by atomic mass is 15.2. The van der Waals surface area contributed by atoms with Gasteiger partial charge in [0.15, 0.2) is 0 Å². The summed E-state index contributed by atoms with van der Waals surface area (Å²) >= 11 is 0. The van der Waals surface area contributed by atoms with Crippen molar-refractivity contribution in [3.63, 3.8) is 0 Å². The van der Waals surface area contributed by atoms with Gasteiger partial charge in [0.1, 0.15) is 0 Å². The van der Waals surface area contributed by atoms with Crippen LogP contribution in [0.4, 0.5) is 0 Å². The summed E-state index contributed by atoms with van der Waals surface area (Å²) in [7, 11) is 0. The van der Waals surface area contributed by atoms with E-state index in [1.807, 2.05) is 0 Å². The molecular formula is C16H38N2. The van der Waals surface area contributed by atoms with Crippen molar-refractivity contribution in [1.82, 2.24) is 4.90 Å². The van der Waals surface area contributed by atoms with Crippen LogP contribution in [0.1, 0.15) is 68.1 Å². The van der Waals surface area contributed by atoms with Gasteiger partial charge in [0, 0.05) is 14.0 Å². The molecule has 0 spiro atoms. The fraction of sp³-hybridized carbons (Fsp3) is 1.00. The van der Waals surface area contributed by atoms with Gasteiger partial charge in [0.05, 0.1) is 0 Å². The quantitative estimate of drug-likeness (QED) is 0.803. The lowest BCUT2D eigenvalue weighted by atomic mass is 9.98. The van der Waals surface area contributed by atoms with Gasteiger partial charge in [-0.2, -0.15) is 0 Å². The Kier molecular flexibility index (Phi) is 10.8. The van der Waals surface area contributed by atoms with Crippen LogP contribution in [0.15, 0.2) is 0 Å². The summed E-state index contributed by atoms with van der Waals surface area (Å²) in [5, 5.41) is 0. The number of likely N-dealkylation sites (tertiary alicyclic amines) is 1. The van der Waals surface area contributed by atoms with Crippen LogP contribution in [0.2, 0.25) is 0 Å². The highest BCUT2D eigenvalue weighted by Gasteiger charge is 2.19. The number of piperidine rings is 1. The summed E-state index contributed by atoms with van der Waals surface area (Å²) in [6, 6.07) is 0.803. The Morgan fingerprint density at radius 1 is 1.33 bits per heavy atom.